The summed E-state index contributed by atoms with van der Waals surface area (Å²) in [5.74, 6) is 1.86. The number of hydrogen-bond donors (Lipinski definition) is 0. The summed E-state index contributed by atoms with van der Waals surface area (Å²) in [5, 5.41) is 0. The molecule has 17 heavy (non-hydrogen) atoms. The summed E-state index contributed by atoms with van der Waals surface area (Å²) >= 11 is 3.42. The summed E-state index contributed by atoms with van der Waals surface area (Å²) < 4.78 is 6.82. The van der Waals surface area contributed by atoms with Gasteiger partial charge in [0, 0.05) is 17.6 Å². The quantitative estimate of drug-likeness (QED) is 0.824. The zero-order valence-electron chi connectivity index (χ0n) is 10.4. The van der Waals surface area contributed by atoms with Crippen LogP contribution in [-0.2, 0) is 0 Å². The zero-order chi connectivity index (χ0) is 12.1. The molecule has 1 aromatic carbocycles. The third-order valence-electron chi connectivity index (χ3n) is 3.44. The minimum atomic E-state index is 0.790. The number of halogens is 1. The lowest BCUT2D eigenvalue weighted by Gasteiger charge is -2.16. The molecule has 2 rings (SSSR count). The van der Waals surface area contributed by atoms with Gasteiger partial charge in [-0.1, -0.05) is 29.3 Å². The van der Waals surface area contributed by atoms with Gasteiger partial charge in [0.2, 0.25) is 0 Å². The molecule has 0 saturated carbocycles. The highest BCUT2D eigenvalue weighted by molar-refractivity contribution is 9.10. The molecule has 1 saturated heterocycles. The lowest BCUT2D eigenvalue weighted by atomic mass is 10.1. The Morgan fingerprint density at radius 3 is 2.76 bits per heavy atom. The van der Waals surface area contributed by atoms with E-state index in [1.54, 1.807) is 0 Å². The van der Waals surface area contributed by atoms with Gasteiger partial charge in [-0.05, 0) is 43.1 Å². The van der Waals surface area contributed by atoms with E-state index < -0.39 is 0 Å². The molecule has 0 radical (unpaired) electrons. The molecule has 1 unspecified atom stereocenters. The Morgan fingerprint density at radius 1 is 1.35 bits per heavy atom. The first-order chi connectivity index (χ1) is 8.28. The van der Waals surface area contributed by atoms with E-state index in [-0.39, 0.29) is 0 Å². The fraction of sp³-hybridized carbons (Fsp3) is 0.571. The van der Waals surface area contributed by atoms with Crippen molar-refractivity contribution in [3.8, 4) is 5.75 Å². The zero-order valence-corrected chi connectivity index (χ0v) is 11.9. The first-order valence-corrected chi connectivity index (χ1v) is 7.18. The van der Waals surface area contributed by atoms with Crippen molar-refractivity contribution >= 4 is 15.9 Å². The molecule has 0 amide bonds. The van der Waals surface area contributed by atoms with Gasteiger partial charge in [-0.15, -0.1) is 0 Å². The van der Waals surface area contributed by atoms with Crippen molar-refractivity contribution in [1.82, 2.24) is 4.90 Å². The van der Waals surface area contributed by atoms with Crippen LogP contribution in [0.25, 0.3) is 0 Å². The van der Waals surface area contributed by atoms with Gasteiger partial charge >= 0.3 is 0 Å². The monoisotopic (exact) mass is 297 g/mol. The number of hydrogen-bond acceptors (Lipinski definition) is 2. The molecular formula is C14H20BrNO. The third kappa shape index (κ3) is 4.00. The average Bonchev–Trinajstić information content (AvgIpc) is 2.80. The summed E-state index contributed by atoms with van der Waals surface area (Å²) in [7, 11) is 0. The van der Waals surface area contributed by atoms with Crippen LogP contribution in [0.3, 0.4) is 0 Å². The van der Waals surface area contributed by atoms with Gasteiger partial charge in [0.25, 0.3) is 0 Å². The van der Waals surface area contributed by atoms with Gasteiger partial charge in [-0.25, -0.2) is 0 Å². The molecule has 94 valence electrons. The van der Waals surface area contributed by atoms with E-state index in [0.29, 0.717) is 0 Å². The molecule has 0 spiro atoms. The van der Waals surface area contributed by atoms with Crippen LogP contribution >= 0.6 is 15.9 Å². The standard InChI is InChI=1S/C14H20BrNO/c1-2-12-7-8-16(11-12)9-10-17-14-5-3-13(15)4-6-14/h3-6,12H,2,7-11H2,1H3. The van der Waals surface area contributed by atoms with E-state index in [9.17, 15) is 0 Å². The van der Waals surface area contributed by atoms with Crippen LogP contribution in [0.1, 0.15) is 19.8 Å². The van der Waals surface area contributed by atoms with Crippen molar-refractivity contribution in [2.24, 2.45) is 5.92 Å². The summed E-state index contributed by atoms with van der Waals surface area (Å²) in [4.78, 5) is 2.51. The average molecular weight is 298 g/mol. The third-order valence-corrected chi connectivity index (χ3v) is 3.97. The maximum Gasteiger partial charge on any atom is 0.119 e. The predicted molar refractivity (Wildman–Crippen MR) is 74.5 cm³/mol. The molecule has 2 nitrogen and oxygen atoms in total. The van der Waals surface area contributed by atoms with Crippen LogP contribution in [0.15, 0.2) is 28.7 Å². The molecule has 0 aliphatic carbocycles. The Labute approximate surface area is 112 Å². The SMILES string of the molecule is CCC1CCN(CCOc2ccc(Br)cc2)C1. The van der Waals surface area contributed by atoms with E-state index in [4.69, 9.17) is 4.74 Å². The summed E-state index contributed by atoms with van der Waals surface area (Å²) in [6.07, 6.45) is 2.67. The van der Waals surface area contributed by atoms with Gasteiger partial charge in [-0.3, -0.25) is 4.90 Å². The number of likely N-dealkylation sites (tertiary alicyclic amines) is 1. The first-order valence-electron chi connectivity index (χ1n) is 6.38. The van der Waals surface area contributed by atoms with Gasteiger partial charge in [-0.2, -0.15) is 0 Å². The Hall–Kier alpha value is -0.540. The maximum atomic E-state index is 5.73. The predicted octanol–water partition coefficient (Wildman–Crippen LogP) is 3.56. The number of nitrogens with zero attached hydrogens (tertiary/aromatic N) is 1. The molecule has 1 atom stereocenters. The second-order valence-corrected chi connectivity index (χ2v) is 5.58. The molecule has 1 fully saturated rings. The van der Waals surface area contributed by atoms with Crippen LogP contribution in [0.4, 0.5) is 0 Å². The second-order valence-electron chi connectivity index (χ2n) is 4.67. The molecular weight excluding hydrogens is 278 g/mol. The van der Waals surface area contributed by atoms with Crippen molar-refractivity contribution in [2.45, 2.75) is 19.8 Å². The van der Waals surface area contributed by atoms with Crippen LogP contribution in [0.5, 0.6) is 5.75 Å². The van der Waals surface area contributed by atoms with Crippen molar-refractivity contribution in [1.29, 1.82) is 0 Å². The maximum absolute atomic E-state index is 5.73. The summed E-state index contributed by atoms with van der Waals surface area (Å²) in [5.41, 5.74) is 0. The lowest BCUT2D eigenvalue weighted by molar-refractivity contribution is 0.232. The lowest BCUT2D eigenvalue weighted by Crippen LogP contribution is -2.26. The fourth-order valence-electron chi connectivity index (χ4n) is 2.27. The molecule has 1 heterocycles. The van der Waals surface area contributed by atoms with Gasteiger partial charge < -0.3 is 4.74 Å². The van der Waals surface area contributed by atoms with E-state index in [0.717, 1.165) is 29.3 Å². The minimum absolute atomic E-state index is 0.790. The highest BCUT2D eigenvalue weighted by atomic mass is 79.9. The smallest absolute Gasteiger partial charge is 0.119 e. The molecule has 0 bridgehead atoms. The van der Waals surface area contributed by atoms with Crippen molar-refractivity contribution < 1.29 is 4.74 Å². The topological polar surface area (TPSA) is 12.5 Å². The normalized spacial score (nSPS) is 20.7. The van der Waals surface area contributed by atoms with Crippen LogP contribution in [0.2, 0.25) is 0 Å². The van der Waals surface area contributed by atoms with Crippen molar-refractivity contribution in [2.75, 3.05) is 26.2 Å². The summed E-state index contributed by atoms with van der Waals surface area (Å²) in [6, 6.07) is 8.03. The fourth-order valence-corrected chi connectivity index (χ4v) is 2.54. The highest BCUT2D eigenvalue weighted by Gasteiger charge is 2.20. The largest absolute Gasteiger partial charge is 0.492 e. The molecule has 0 N–H and O–H groups in total. The molecule has 0 aromatic heterocycles. The first kappa shape index (κ1) is 12.9. The molecule has 1 aliphatic rings. The van der Waals surface area contributed by atoms with E-state index >= 15 is 0 Å². The highest BCUT2D eigenvalue weighted by Crippen LogP contribution is 2.19. The minimum Gasteiger partial charge on any atom is -0.492 e. The van der Waals surface area contributed by atoms with Gasteiger partial charge in [0.15, 0.2) is 0 Å². The molecule has 1 aliphatic heterocycles. The van der Waals surface area contributed by atoms with Gasteiger partial charge in [0.1, 0.15) is 12.4 Å². The van der Waals surface area contributed by atoms with E-state index in [2.05, 4.69) is 27.8 Å². The Morgan fingerprint density at radius 2 is 2.12 bits per heavy atom. The Balaban J connectivity index is 1.68. The van der Waals surface area contributed by atoms with Gasteiger partial charge in [0.05, 0.1) is 0 Å². The number of ether oxygens (including phenoxy) is 1. The van der Waals surface area contributed by atoms with Crippen LogP contribution < -0.4 is 4.74 Å². The Kier molecular flexibility index (Phi) is 4.86. The van der Waals surface area contributed by atoms with E-state index in [1.165, 1.54) is 25.9 Å². The van der Waals surface area contributed by atoms with Crippen LogP contribution in [-0.4, -0.2) is 31.1 Å². The summed E-state index contributed by atoms with van der Waals surface area (Å²) in [6.45, 7) is 6.61. The molecule has 1 aromatic rings. The van der Waals surface area contributed by atoms with Crippen LogP contribution in [0, 0.1) is 5.92 Å². The second kappa shape index (κ2) is 6.41. The van der Waals surface area contributed by atoms with Crippen molar-refractivity contribution in [3.05, 3.63) is 28.7 Å². The molecule has 3 heteroatoms. The van der Waals surface area contributed by atoms with E-state index in [1.807, 2.05) is 24.3 Å². The number of rotatable bonds is 5. The van der Waals surface area contributed by atoms with Crippen molar-refractivity contribution in [3.63, 3.8) is 0 Å². The Bertz CT molecular complexity index is 339. The number of benzene rings is 1.